The summed E-state index contributed by atoms with van der Waals surface area (Å²) >= 11 is 0. The molecule has 2 aromatic rings. The minimum atomic E-state index is -2.62. The van der Waals surface area contributed by atoms with Crippen LogP contribution in [0.25, 0.3) is 0 Å². The molecule has 1 saturated carbocycles. The normalized spacial score (nSPS) is 17.0. The Morgan fingerprint density at radius 1 is 1.31 bits per heavy atom. The lowest BCUT2D eigenvalue weighted by Gasteiger charge is -2.26. The lowest BCUT2D eigenvalue weighted by molar-refractivity contribution is -0.123. The van der Waals surface area contributed by atoms with Crippen LogP contribution in [0.5, 0.6) is 5.75 Å². The summed E-state index contributed by atoms with van der Waals surface area (Å²) in [6, 6.07) is 5.76. The van der Waals surface area contributed by atoms with Gasteiger partial charge in [-0.2, -0.15) is 4.98 Å². The number of amides is 1. The van der Waals surface area contributed by atoms with Gasteiger partial charge < -0.3 is 14.6 Å². The molecule has 9 heteroatoms. The van der Waals surface area contributed by atoms with E-state index in [9.17, 15) is 18.0 Å². The highest BCUT2D eigenvalue weighted by molar-refractivity contribution is 5.77. The Hall–Kier alpha value is -2.58. The molecule has 26 heavy (non-hydrogen) atoms. The van der Waals surface area contributed by atoms with Gasteiger partial charge in [-0.25, -0.2) is 13.2 Å². The summed E-state index contributed by atoms with van der Waals surface area (Å²) in [5.74, 6) is -3.27. The average molecular weight is 369 g/mol. The molecular weight excluding hydrogens is 351 g/mol. The summed E-state index contributed by atoms with van der Waals surface area (Å²) in [4.78, 5) is 15.9. The Bertz CT molecular complexity index is 756. The van der Waals surface area contributed by atoms with Crippen LogP contribution in [0.1, 0.15) is 43.3 Å². The predicted molar refractivity (Wildman–Crippen MR) is 84.2 cm³/mol. The molecule has 1 amide bonds. The zero-order valence-corrected chi connectivity index (χ0v) is 13.9. The number of benzene rings is 1. The van der Waals surface area contributed by atoms with Crippen molar-refractivity contribution in [1.82, 2.24) is 15.5 Å². The molecule has 1 heterocycles. The van der Waals surface area contributed by atoms with E-state index in [1.807, 2.05) is 0 Å². The molecule has 1 N–H and O–H groups in total. The molecule has 0 saturated heterocycles. The molecule has 1 aromatic heterocycles. The van der Waals surface area contributed by atoms with Crippen molar-refractivity contribution in [3.8, 4) is 5.75 Å². The number of alkyl halides is 2. The SMILES string of the molecule is O=C(COc1ccccc1F)NCc1nc(C2CCC(F)(F)CC2)no1. The van der Waals surface area contributed by atoms with Crippen molar-refractivity contribution in [1.29, 1.82) is 0 Å². The molecule has 0 bridgehead atoms. The molecule has 0 atom stereocenters. The molecule has 0 unspecified atom stereocenters. The molecule has 1 fully saturated rings. The summed E-state index contributed by atoms with van der Waals surface area (Å²) in [5, 5.41) is 6.32. The van der Waals surface area contributed by atoms with E-state index in [-0.39, 0.29) is 43.6 Å². The predicted octanol–water partition coefficient (Wildman–Crippen LogP) is 3.20. The Labute approximate surface area is 147 Å². The summed E-state index contributed by atoms with van der Waals surface area (Å²) in [6.07, 6.45) is 0.223. The van der Waals surface area contributed by atoms with Crippen LogP contribution in [0.2, 0.25) is 0 Å². The molecular formula is C17H18F3N3O3. The van der Waals surface area contributed by atoms with Gasteiger partial charge in [-0.05, 0) is 25.0 Å². The molecule has 6 nitrogen and oxygen atoms in total. The highest BCUT2D eigenvalue weighted by Gasteiger charge is 2.36. The molecule has 1 aromatic carbocycles. The third-order valence-electron chi connectivity index (χ3n) is 4.20. The zero-order valence-electron chi connectivity index (χ0n) is 13.9. The number of nitrogens with zero attached hydrogens (tertiary/aromatic N) is 2. The number of rotatable bonds is 6. The molecule has 1 aliphatic rings. The standard InChI is InChI=1S/C17H18F3N3O3/c18-12-3-1-2-4-13(12)25-10-14(24)21-9-15-22-16(23-26-15)11-5-7-17(19,20)8-6-11/h1-4,11H,5-10H2,(H,21,24). The monoisotopic (exact) mass is 369 g/mol. The number of halogens is 3. The van der Waals surface area contributed by atoms with E-state index in [1.54, 1.807) is 6.07 Å². The number of nitrogens with one attached hydrogen (secondary N) is 1. The van der Waals surface area contributed by atoms with Gasteiger partial charge in [0.15, 0.2) is 24.0 Å². The number of para-hydroxylation sites is 1. The first-order valence-electron chi connectivity index (χ1n) is 8.27. The van der Waals surface area contributed by atoms with E-state index >= 15 is 0 Å². The second-order valence-electron chi connectivity index (χ2n) is 6.17. The highest BCUT2D eigenvalue weighted by atomic mass is 19.3. The second kappa shape index (κ2) is 7.76. The molecule has 0 spiro atoms. The molecule has 1 aliphatic carbocycles. The third kappa shape index (κ3) is 4.74. The first kappa shape index (κ1) is 18.2. The van der Waals surface area contributed by atoms with Crippen molar-refractivity contribution in [2.45, 2.75) is 44.1 Å². The smallest absolute Gasteiger partial charge is 0.258 e. The Balaban J connectivity index is 1.44. The Morgan fingerprint density at radius 3 is 2.77 bits per heavy atom. The van der Waals surface area contributed by atoms with Crippen molar-refractivity contribution >= 4 is 5.91 Å². The number of carbonyl (C=O) groups is 1. The molecule has 140 valence electrons. The highest BCUT2D eigenvalue weighted by Crippen LogP contribution is 2.39. The molecule has 0 radical (unpaired) electrons. The lowest BCUT2D eigenvalue weighted by atomic mass is 9.86. The fraction of sp³-hybridized carbons (Fsp3) is 0.471. The van der Waals surface area contributed by atoms with Gasteiger partial charge in [0.05, 0.1) is 6.54 Å². The van der Waals surface area contributed by atoms with Crippen LogP contribution in [0.15, 0.2) is 28.8 Å². The van der Waals surface area contributed by atoms with E-state index in [2.05, 4.69) is 15.5 Å². The van der Waals surface area contributed by atoms with Crippen molar-refractivity contribution in [2.75, 3.05) is 6.61 Å². The van der Waals surface area contributed by atoms with Gasteiger partial charge >= 0.3 is 0 Å². The minimum absolute atomic E-state index is 0.0168. The van der Waals surface area contributed by atoms with Crippen LogP contribution in [-0.4, -0.2) is 28.6 Å². The van der Waals surface area contributed by atoms with E-state index in [0.717, 1.165) is 0 Å². The van der Waals surface area contributed by atoms with Crippen LogP contribution in [-0.2, 0) is 11.3 Å². The maximum atomic E-state index is 13.4. The lowest BCUT2D eigenvalue weighted by Crippen LogP contribution is -2.28. The molecule has 3 rings (SSSR count). The number of hydrogen-bond acceptors (Lipinski definition) is 5. The van der Waals surface area contributed by atoms with Gasteiger partial charge in [0.1, 0.15) is 0 Å². The number of hydrogen-bond donors (Lipinski definition) is 1. The quantitative estimate of drug-likeness (QED) is 0.846. The van der Waals surface area contributed by atoms with Gasteiger partial charge in [0.25, 0.3) is 5.91 Å². The fourth-order valence-electron chi connectivity index (χ4n) is 2.73. The zero-order chi connectivity index (χ0) is 18.6. The third-order valence-corrected chi connectivity index (χ3v) is 4.20. The van der Waals surface area contributed by atoms with Gasteiger partial charge in [-0.15, -0.1) is 0 Å². The van der Waals surface area contributed by atoms with Gasteiger partial charge in [-0.3, -0.25) is 4.79 Å². The van der Waals surface area contributed by atoms with Crippen molar-refractivity contribution in [2.24, 2.45) is 0 Å². The van der Waals surface area contributed by atoms with Gasteiger partial charge in [0.2, 0.25) is 11.8 Å². The Morgan fingerprint density at radius 2 is 2.04 bits per heavy atom. The van der Waals surface area contributed by atoms with Crippen LogP contribution in [0.3, 0.4) is 0 Å². The van der Waals surface area contributed by atoms with E-state index in [1.165, 1.54) is 18.2 Å². The first-order chi connectivity index (χ1) is 12.4. The van der Waals surface area contributed by atoms with Crippen LogP contribution < -0.4 is 10.1 Å². The molecule has 0 aliphatic heterocycles. The maximum Gasteiger partial charge on any atom is 0.258 e. The number of carbonyl (C=O) groups excluding carboxylic acids is 1. The number of aromatic nitrogens is 2. The topological polar surface area (TPSA) is 77.2 Å². The van der Waals surface area contributed by atoms with Crippen LogP contribution >= 0.6 is 0 Å². The summed E-state index contributed by atoms with van der Waals surface area (Å²) < 4.78 is 49.9. The van der Waals surface area contributed by atoms with Crippen molar-refractivity contribution in [3.05, 3.63) is 41.8 Å². The van der Waals surface area contributed by atoms with E-state index < -0.39 is 17.6 Å². The van der Waals surface area contributed by atoms with E-state index in [4.69, 9.17) is 9.26 Å². The Kier molecular flexibility index (Phi) is 5.43. The average Bonchev–Trinajstić information content (AvgIpc) is 3.08. The number of ether oxygens (including phenoxy) is 1. The van der Waals surface area contributed by atoms with Crippen LogP contribution in [0, 0.1) is 5.82 Å². The first-order valence-corrected chi connectivity index (χ1v) is 8.27. The second-order valence-corrected chi connectivity index (χ2v) is 6.17. The van der Waals surface area contributed by atoms with Gasteiger partial charge in [-0.1, -0.05) is 17.3 Å². The fourth-order valence-corrected chi connectivity index (χ4v) is 2.73. The summed E-state index contributed by atoms with van der Waals surface area (Å²) in [6.45, 7) is -0.380. The minimum Gasteiger partial charge on any atom is -0.481 e. The van der Waals surface area contributed by atoms with Crippen molar-refractivity contribution in [3.63, 3.8) is 0 Å². The maximum absolute atomic E-state index is 13.4. The van der Waals surface area contributed by atoms with Gasteiger partial charge in [0, 0.05) is 18.8 Å². The van der Waals surface area contributed by atoms with E-state index in [0.29, 0.717) is 18.7 Å². The summed E-state index contributed by atoms with van der Waals surface area (Å²) in [7, 11) is 0. The van der Waals surface area contributed by atoms with Crippen LogP contribution in [0.4, 0.5) is 13.2 Å². The van der Waals surface area contributed by atoms with Crippen molar-refractivity contribution < 1.29 is 27.2 Å². The summed E-state index contributed by atoms with van der Waals surface area (Å²) in [5.41, 5.74) is 0. The largest absolute Gasteiger partial charge is 0.481 e.